The van der Waals surface area contributed by atoms with E-state index >= 15 is 0 Å². The lowest BCUT2D eigenvalue weighted by Gasteiger charge is -2.14. The van der Waals surface area contributed by atoms with E-state index in [-0.39, 0.29) is 35.8 Å². The Bertz CT molecular complexity index is 831. The van der Waals surface area contributed by atoms with Gasteiger partial charge in [0.15, 0.2) is 5.96 Å². The molecule has 0 aromatic heterocycles. The van der Waals surface area contributed by atoms with Crippen LogP contribution < -0.4 is 16.0 Å². The molecule has 1 amide bonds. The molecule has 29 heavy (non-hydrogen) atoms. The van der Waals surface area contributed by atoms with Crippen LogP contribution >= 0.6 is 24.0 Å². The Morgan fingerprint density at radius 3 is 2.24 bits per heavy atom. The topological polar surface area (TPSA) is 65.5 Å². The first-order valence-electron chi connectivity index (χ1n) is 10.0. The standard InChI is InChI=1S/C23H30N4O.HI/c1-17-7-5-8-18(13-17)15-25-23(24-2)26-16-19-9-6-12-21(14-19)27-22(28)20-10-3-4-11-20;/h5-9,12-14,20H,3-4,10-11,15-16H2,1-2H3,(H,27,28)(H2,24,25,26);1H. The van der Waals surface area contributed by atoms with Crippen LogP contribution in [0.15, 0.2) is 53.5 Å². The van der Waals surface area contributed by atoms with E-state index in [2.05, 4.69) is 52.1 Å². The van der Waals surface area contributed by atoms with Crippen molar-refractivity contribution in [1.82, 2.24) is 10.6 Å². The van der Waals surface area contributed by atoms with Gasteiger partial charge in [-0.05, 0) is 43.0 Å². The molecule has 0 aliphatic heterocycles. The van der Waals surface area contributed by atoms with E-state index in [0.29, 0.717) is 6.54 Å². The molecule has 5 nitrogen and oxygen atoms in total. The van der Waals surface area contributed by atoms with Gasteiger partial charge in [0.25, 0.3) is 0 Å². The average Bonchev–Trinajstić information content (AvgIpc) is 3.23. The number of guanidine groups is 1. The fourth-order valence-electron chi connectivity index (χ4n) is 3.61. The number of rotatable bonds is 6. The maximum absolute atomic E-state index is 12.3. The van der Waals surface area contributed by atoms with Gasteiger partial charge >= 0.3 is 0 Å². The molecule has 6 heteroatoms. The molecule has 0 bridgehead atoms. The zero-order valence-electron chi connectivity index (χ0n) is 17.2. The van der Waals surface area contributed by atoms with Crippen LogP contribution in [0, 0.1) is 12.8 Å². The summed E-state index contributed by atoms with van der Waals surface area (Å²) in [6.07, 6.45) is 4.35. The molecule has 1 fully saturated rings. The Kier molecular flexibility index (Phi) is 9.44. The van der Waals surface area contributed by atoms with Crippen LogP contribution in [-0.4, -0.2) is 18.9 Å². The minimum Gasteiger partial charge on any atom is -0.352 e. The number of nitrogens with zero attached hydrogens (tertiary/aromatic N) is 1. The number of carbonyl (C=O) groups excluding carboxylic acids is 1. The van der Waals surface area contributed by atoms with Gasteiger partial charge in [0, 0.05) is 31.7 Å². The summed E-state index contributed by atoms with van der Waals surface area (Å²) in [5.74, 6) is 1.08. The van der Waals surface area contributed by atoms with E-state index in [1.165, 1.54) is 11.1 Å². The predicted molar refractivity (Wildman–Crippen MR) is 131 cm³/mol. The third-order valence-corrected chi connectivity index (χ3v) is 5.15. The van der Waals surface area contributed by atoms with E-state index < -0.39 is 0 Å². The lowest BCUT2D eigenvalue weighted by atomic mass is 10.1. The number of anilines is 1. The van der Waals surface area contributed by atoms with Gasteiger partial charge in [0.1, 0.15) is 0 Å². The number of halogens is 1. The number of benzene rings is 2. The zero-order valence-corrected chi connectivity index (χ0v) is 19.5. The van der Waals surface area contributed by atoms with Gasteiger partial charge in [-0.25, -0.2) is 0 Å². The number of carbonyl (C=O) groups is 1. The Balaban J connectivity index is 0.00000300. The molecule has 0 heterocycles. The molecule has 0 unspecified atom stereocenters. The van der Waals surface area contributed by atoms with Crippen LogP contribution in [0.4, 0.5) is 5.69 Å². The molecule has 0 spiro atoms. The number of hydrogen-bond acceptors (Lipinski definition) is 2. The van der Waals surface area contributed by atoms with E-state index in [9.17, 15) is 4.79 Å². The second-order valence-corrected chi connectivity index (χ2v) is 7.44. The van der Waals surface area contributed by atoms with Crippen molar-refractivity contribution in [2.75, 3.05) is 12.4 Å². The van der Waals surface area contributed by atoms with Gasteiger partial charge in [-0.3, -0.25) is 9.79 Å². The van der Waals surface area contributed by atoms with Gasteiger partial charge in [-0.15, -0.1) is 24.0 Å². The van der Waals surface area contributed by atoms with Crippen molar-refractivity contribution >= 4 is 41.5 Å². The molecule has 156 valence electrons. The fraction of sp³-hybridized carbons (Fsp3) is 0.391. The van der Waals surface area contributed by atoms with Crippen LogP contribution in [0.5, 0.6) is 0 Å². The van der Waals surface area contributed by atoms with Crippen LogP contribution in [0.1, 0.15) is 42.4 Å². The smallest absolute Gasteiger partial charge is 0.227 e. The monoisotopic (exact) mass is 506 g/mol. The minimum absolute atomic E-state index is 0. The Morgan fingerprint density at radius 2 is 1.62 bits per heavy atom. The summed E-state index contributed by atoms with van der Waals surface area (Å²) in [5.41, 5.74) is 4.43. The molecular formula is C23H31IN4O. The Morgan fingerprint density at radius 1 is 1.00 bits per heavy atom. The van der Waals surface area contributed by atoms with E-state index in [1.54, 1.807) is 7.05 Å². The van der Waals surface area contributed by atoms with Crippen LogP contribution in [0.3, 0.4) is 0 Å². The van der Waals surface area contributed by atoms with Crippen molar-refractivity contribution in [3.8, 4) is 0 Å². The summed E-state index contributed by atoms with van der Waals surface area (Å²) in [5, 5.41) is 9.73. The van der Waals surface area contributed by atoms with Crippen LogP contribution in [-0.2, 0) is 17.9 Å². The van der Waals surface area contributed by atoms with Gasteiger partial charge in [-0.1, -0.05) is 54.8 Å². The van der Waals surface area contributed by atoms with Crippen molar-refractivity contribution in [2.45, 2.75) is 45.7 Å². The summed E-state index contributed by atoms with van der Waals surface area (Å²) in [4.78, 5) is 16.6. The highest BCUT2D eigenvalue weighted by molar-refractivity contribution is 14.0. The highest BCUT2D eigenvalue weighted by atomic mass is 127. The molecule has 1 aliphatic rings. The second kappa shape index (κ2) is 11.8. The molecule has 2 aromatic carbocycles. The van der Waals surface area contributed by atoms with Crippen molar-refractivity contribution < 1.29 is 4.79 Å². The van der Waals surface area contributed by atoms with Gasteiger partial charge in [-0.2, -0.15) is 0 Å². The fourth-order valence-corrected chi connectivity index (χ4v) is 3.61. The van der Waals surface area contributed by atoms with Crippen molar-refractivity contribution in [1.29, 1.82) is 0 Å². The number of aliphatic imine (C=N–C) groups is 1. The van der Waals surface area contributed by atoms with Gasteiger partial charge in [0.2, 0.25) is 5.91 Å². The summed E-state index contributed by atoms with van der Waals surface area (Å²) in [7, 11) is 1.77. The highest BCUT2D eigenvalue weighted by Gasteiger charge is 2.22. The minimum atomic E-state index is 0. The molecule has 1 aliphatic carbocycles. The number of nitrogens with one attached hydrogen (secondary N) is 3. The van der Waals surface area contributed by atoms with Crippen LogP contribution in [0.2, 0.25) is 0 Å². The van der Waals surface area contributed by atoms with Crippen molar-refractivity contribution in [3.05, 3.63) is 65.2 Å². The first-order valence-corrected chi connectivity index (χ1v) is 10.0. The number of amides is 1. The van der Waals surface area contributed by atoms with E-state index in [0.717, 1.165) is 49.4 Å². The van der Waals surface area contributed by atoms with E-state index in [1.807, 2.05) is 24.3 Å². The molecule has 3 N–H and O–H groups in total. The highest BCUT2D eigenvalue weighted by Crippen LogP contribution is 2.26. The lowest BCUT2D eigenvalue weighted by molar-refractivity contribution is -0.119. The second-order valence-electron chi connectivity index (χ2n) is 7.44. The van der Waals surface area contributed by atoms with Crippen molar-refractivity contribution in [3.63, 3.8) is 0 Å². The summed E-state index contributed by atoms with van der Waals surface area (Å²) in [6.45, 7) is 3.45. The first kappa shape index (κ1) is 23.2. The molecule has 0 atom stereocenters. The summed E-state index contributed by atoms with van der Waals surface area (Å²) in [6, 6.07) is 16.4. The first-order chi connectivity index (χ1) is 13.6. The SMILES string of the molecule is CN=C(NCc1cccc(C)c1)NCc1cccc(NC(=O)C2CCCC2)c1.I. The molecule has 3 rings (SSSR count). The zero-order chi connectivity index (χ0) is 19.8. The van der Waals surface area contributed by atoms with E-state index in [4.69, 9.17) is 0 Å². The molecule has 0 saturated heterocycles. The maximum Gasteiger partial charge on any atom is 0.227 e. The van der Waals surface area contributed by atoms with Crippen molar-refractivity contribution in [2.24, 2.45) is 10.9 Å². The average molecular weight is 506 g/mol. The summed E-state index contributed by atoms with van der Waals surface area (Å²) >= 11 is 0. The number of hydrogen-bond donors (Lipinski definition) is 3. The molecule has 1 saturated carbocycles. The van der Waals surface area contributed by atoms with Gasteiger partial charge < -0.3 is 16.0 Å². The predicted octanol–water partition coefficient (Wildman–Crippen LogP) is 4.61. The quantitative estimate of drug-likeness (QED) is 0.305. The van der Waals surface area contributed by atoms with Crippen LogP contribution in [0.25, 0.3) is 0 Å². The third kappa shape index (κ3) is 7.34. The number of aryl methyl sites for hydroxylation is 1. The normalized spacial score (nSPS) is 14.2. The molecule has 2 aromatic rings. The molecule has 0 radical (unpaired) electrons. The largest absolute Gasteiger partial charge is 0.352 e. The maximum atomic E-state index is 12.3. The lowest BCUT2D eigenvalue weighted by Crippen LogP contribution is -2.36. The Hall–Kier alpha value is -2.09. The summed E-state index contributed by atoms with van der Waals surface area (Å²) < 4.78 is 0. The van der Waals surface area contributed by atoms with Gasteiger partial charge in [0.05, 0.1) is 0 Å². The Labute approximate surface area is 190 Å². The molecular weight excluding hydrogens is 475 g/mol. The third-order valence-electron chi connectivity index (χ3n) is 5.15.